The number of methoxy groups -OCH3 is 1. The molecule has 1 aliphatic rings. The molecule has 2 atom stereocenters. The molecule has 52 heavy (non-hydrogen) atoms. The van der Waals surface area contributed by atoms with Crippen molar-refractivity contribution in [2.45, 2.75) is 220 Å². The average Bonchev–Trinajstić information content (AvgIpc) is 3.15. The lowest BCUT2D eigenvalue weighted by atomic mass is 9.73. The van der Waals surface area contributed by atoms with Crippen LogP contribution < -0.4 is 0 Å². The lowest BCUT2D eigenvalue weighted by Gasteiger charge is -2.42. The minimum atomic E-state index is 0.0304. The van der Waals surface area contributed by atoms with Gasteiger partial charge in [0.15, 0.2) is 0 Å². The SMILES string of the molecule is CCCCCCCCC(CCCCCC)C(=O)OCCC1(CCOC(=O)C(CCCCCC)CCCCCCCC)CCN(CCCCOC)CC1. The van der Waals surface area contributed by atoms with E-state index in [1.54, 1.807) is 7.11 Å². The summed E-state index contributed by atoms with van der Waals surface area (Å²) in [5.41, 5.74) is 0.0510. The Morgan fingerprint density at radius 3 is 1.25 bits per heavy atom. The van der Waals surface area contributed by atoms with Gasteiger partial charge in [0, 0.05) is 13.7 Å². The number of hydrogen-bond donors (Lipinski definition) is 0. The predicted octanol–water partition coefficient (Wildman–Crippen LogP) is 13.0. The smallest absolute Gasteiger partial charge is 0.308 e. The van der Waals surface area contributed by atoms with Crippen LogP contribution in [0.2, 0.25) is 0 Å². The Morgan fingerprint density at radius 1 is 0.500 bits per heavy atom. The van der Waals surface area contributed by atoms with E-state index in [-0.39, 0.29) is 29.2 Å². The molecule has 0 aromatic carbocycles. The van der Waals surface area contributed by atoms with Crippen LogP contribution in [0.15, 0.2) is 0 Å². The van der Waals surface area contributed by atoms with Gasteiger partial charge in [-0.1, -0.05) is 156 Å². The topological polar surface area (TPSA) is 65.1 Å². The summed E-state index contributed by atoms with van der Waals surface area (Å²) < 4.78 is 17.5. The molecule has 1 fully saturated rings. The monoisotopic (exact) mass is 736 g/mol. The third-order valence-corrected chi connectivity index (χ3v) is 12.0. The summed E-state index contributed by atoms with van der Waals surface area (Å²) in [6.07, 6.45) is 34.6. The van der Waals surface area contributed by atoms with E-state index in [9.17, 15) is 9.59 Å². The largest absolute Gasteiger partial charge is 0.465 e. The number of rotatable bonds is 37. The maximum absolute atomic E-state index is 13.5. The number of unbranched alkanes of at least 4 members (excludes halogenated alkanes) is 17. The highest BCUT2D eigenvalue weighted by molar-refractivity contribution is 5.72. The van der Waals surface area contributed by atoms with Crippen LogP contribution in [0, 0.1) is 17.3 Å². The summed E-state index contributed by atoms with van der Waals surface area (Å²) in [5, 5.41) is 0. The van der Waals surface area contributed by atoms with Gasteiger partial charge in [-0.05, 0) is 89.3 Å². The van der Waals surface area contributed by atoms with E-state index in [2.05, 4.69) is 32.6 Å². The lowest BCUT2D eigenvalue weighted by Crippen LogP contribution is -2.42. The molecule has 0 radical (unpaired) electrons. The number of piperidine rings is 1. The quantitative estimate of drug-likeness (QED) is 0.0467. The van der Waals surface area contributed by atoms with E-state index in [0.717, 1.165) is 116 Å². The average molecular weight is 736 g/mol. The zero-order valence-electron chi connectivity index (χ0n) is 35.6. The standard InChI is InChI=1S/C46H89NO5/c1-6-10-14-18-20-24-30-42(28-22-16-12-8-3)44(48)51-40-34-46(32-37-47(38-33-46)36-26-27-39-50-5)35-41-52-45(49)43(29-23-17-13-9-4)31-25-21-19-15-11-7-2/h42-43H,6-41H2,1-5H3. The molecule has 6 nitrogen and oxygen atoms in total. The third-order valence-electron chi connectivity index (χ3n) is 12.0. The summed E-state index contributed by atoms with van der Waals surface area (Å²) in [6, 6.07) is 0. The third kappa shape index (κ3) is 25.0. The van der Waals surface area contributed by atoms with Gasteiger partial charge < -0.3 is 19.1 Å². The number of ether oxygens (including phenoxy) is 3. The summed E-state index contributed by atoms with van der Waals surface area (Å²) in [5.74, 6) is 0.134. The molecule has 0 bridgehead atoms. The van der Waals surface area contributed by atoms with Crippen molar-refractivity contribution >= 4 is 11.9 Å². The van der Waals surface area contributed by atoms with Gasteiger partial charge in [0.1, 0.15) is 0 Å². The first-order valence-corrected chi connectivity index (χ1v) is 23.0. The number of carbonyl (C=O) groups is 2. The van der Waals surface area contributed by atoms with Gasteiger partial charge in [0.2, 0.25) is 0 Å². The van der Waals surface area contributed by atoms with Crippen molar-refractivity contribution in [1.29, 1.82) is 0 Å². The molecule has 1 rings (SSSR count). The first-order chi connectivity index (χ1) is 25.4. The van der Waals surface area contributed by atoms with Crippen LogP contribution in [-0.2, 0) is 23.8 Å². The number of hydrogen-bond acceptors (Lipinski definition) is 6. The van der Waals surface area contributed by atoms with Crippen LogP contribution in [0.3, 0.4) is 0 Å². The van der Waals surface area contributed by atoms with E-state index in [1.807, 2.05) is 0 Å². The van der Waals surface area contributed by atoms with Crippen molar-refractivity contribution in [2.24, 2.45) is 17.3 Å². The Hall–Kier alpha value is -1.14. The van der Waals surface area contributed by atoms with Crippen molar-refractivity contribution < 1.29 is 23.8 Å². The lowest BCUT2D eigenvalue weighted by molar-refractivity contribution is -0.151. The summed E-state index contributed by atoms with van der Waals surface area (Å²) in [6.45, 7) is 14.0. The van der Waals surface area contributed by atoms with E-state index in [0.29, 0.717) is 13.2 Å². The summed E-state index contributed by atoms with van der Waals surface area (Å²) in [7, 11) is 1.78. The van der Waals surface area contributed by atoms with Gasteiger partial charge in [-0.3, -0.25) is 9.59 Å². The normalized spacial score (nSPS) is 15.8. The van der Waals surface area contributed by atoms with Gasteiger partial charge in [0.25, 0.3) is 0 Å². The van der Waals surface area contributed by atoms with Crippen molar-refractivity contribution in [3.63, 3.8) is 0 Å². The molecular weight excluding hydrogens is 647 g/mol. The van der Waals surface area contributed by atoms with Crippen LogP contribution >= 0.6 is 0 Å². The van der Waals surface area contributed by atoms with Crippen LogP contribution in [-0.4, -0.2) is 63.4 Å². The molecule has 1 saturated heterocycles. The van der Waals surface area contributed by atoms with E-state index in [1.165, 1.54) is 103 Å². The van der Waals surface area contributed by atoms with Crippen LogP contribution in [0.25, 0.3) is 0 Å². The zero-order chi connectivity index (χ0) is 38.0. The maximum Gasteiger partial charge on any atom is 0.308 e. The number of carbonyl (C=O) groups excluding carboxylic acids is 2. The Kier molecular flexibility index (Phi) is 32.3. The minimum absolute atomic E-state index is 0.0304. The molecule has 0 aromatic heterocycles. The zero-order valence-corrected chi connectivity index (χ0v) is 35.6. The Labute approximate surface area is 324 Å². The van der Waals surface area contributed by atoms with Gasteiger partial charge in [0.05, 0.1) is 25.0 Å². The number of likely N-dealkylation sites (tertiary alicyclic amines) is 1. The van der Waals surface area contributed by atoms with Crippen molar-refractivity contribution in [2.75, 3.05) is 46.6 Å². The van der Waals surface area contributed by atoms with Gasteiger partial charge in [-0.15, -0.1) is 0 Å². The highest BCUT2D eigenvalue weighted by atomic mass is 16.5. The molecule has 0 spiro atoms. The highest BCUT2D eigenvalue weighted by Gasteiger charge is 2.35. The van der Waals surface area contributed by atoms with Crippen molar-refractivity contribution in [3.8, 4) is 0 Å². The van der Waals surface area contributed by atoms with E-state index >= 15 is 0 Å². The summed E-state index contributed by atoms with van der Waals surface area (Å²) >= 11 is 0. The number of nitrogens with zero attached hydrogens (tertiary/aromatic N) is 1. The van der Waals surface area contributed by atoms with Gasteiger partial charge in [-0.25, -0.2) is 0 Å². The Bertz CT molecular complexity index is 759. The second kappa shape index (κ2) is 34.4. The van der Waals surface area contributed by atoms with E-state index < -0.39 is 0 Å². The molecule has 0 saturated carbocycles. The first kappa shape index (κ1) is 48.9. The molecular formula is C46H89NO5. The van der Waals surface area contributed by atoms with E-state index in [4.69, 9.17) is 14.2 Å². The van der Waals surface area contributed by atoms with Crippen LogP contribution in [0.4, 0.5) is 0 Å². The molecule has 0 aromatic rings. The Balaban J connectivity index is 2.81. The molecule has 2 unspecified atom stereocenters. The molecule has 6 heteroatoms. The molecule has 0 amide bonds. The summed E-state index contributed by atoms with van der Waals surface area (Å²) in [4.78, 5) is 29.6. The fourth-order valence-electron chi connectivity index (χ4n) is 8.17. The molecule has 308 valence electrons. The molecule has 0 aliphatic carbocycles. The minimum Gasteiger partial charge on any atom is -0.465 e. The van der Waals surface area contributed by atoms with Crippen LogP contribution in [0.1, 0.15) is 220 Å². The second-order valence-electron chi connectivity index (χ2n) is 16.6. The fourth-order valence-corrected chi connectivity index (χ4v) is 8.17. The van der Waals surface area contributed by atoms with Gasteiger partial charge >= 0.3 is 11.9 Å². The molecule has 1 aliphatic heterocycles. The first-order valence-electron chi connectivity index (χ1n) is 23.0. The molecule has 0 N–H and O–H groups in total. The highest BCUT2D eigenvalue weighted by Crippen LogP contribution is 2.39. The fraction of sp³-hybridized carbons (Fsp3) is 0.957. The van der Waals surface area contributed by atoms with Gasteiger partial charge in [-0.2, -0.15) is 0 Å². The maximum atomic E-state index is 13.5. The van der Waals surface area contributed by atoms with Crippen LogP contribution in [0.5, 0.6) is 0 Å². The van der Waals surface area contributed by atoms with Crippen molar-refractivity contribution in [1.82, 2.24) is 4.90 Å². The predicted molar refractivity (Wildman–Crippen MR) is 221 cm³/mol. The number of esters is 2. The second-order valence-corrected chi connectivity index (χ2v) is 16.6. The molecule has 1 heterocycles. The Morgan fingerprint density at radius 2 is 0.865 bits per heavy atom. The van der Waals surface area contributed by atoms with Crippen molar-refractivity contribution in [3.05, 3.63) is 0 Å².